The van der Waals surface area contributed by atoms with E-state index in [4.69, 9.17) is 5.11 Å². The van der Waals surface area contributed by atoms with Crippen LogP contribution < -0.4 is 10.2 Å². The second kappa shape index (κ2) is 7.58. The molecule has 3 N–H and O–H groups in total. The highest BCUT2D eigenvalue weighted by atomic mass is 19.1. The average molecular weight is 373 g/mol. The number of hydrogen-bond donors (Lipinski definition) is 3. The molecule has 0 aliphatic carbocycles. The number of nitrogens with one attached hydrogen (secondary N) is 1. The summed E-state index contributed by atoms with van der Waals surface area (Å²) in [7, 11) is 1.75. The van der Waals surface area contributed by atoms with Crippen LogP contribution in [0.25, 0.3) is 5.65 Å². The molecule has 142 valence electrons. The SMILES string of the molecule is Cc1nn2ccc(N(C)Cc3cc(F)ccc3O)nc2c1C(=O)NCCO. The Morgan fingerprint density at radius 1 is 1.37 bits per heavy atom. The lowest BCUT2D eigenvalue weighted by Gasteiger charge is -2.19. The van der Waals surface area contributed by atoms with E-state index in [-0.39, 0.29) is 31.4 Å². The Morgan fingerprint density at radius 3 is 2.89 bits per heavy atom. The molecule has 0 aliphatic heterocycles. The Labute approximate surface area is 154 Å². The molecule has 8 nitrogen and oxygen atoms in total. The summed E-state index contributed by atoms with van der Waals surface area (Å²) in [5, 5.41) is 25.7. The van der Waals surface area contributed by atoms with Gasteiger partial charge in [0.2, 0.25) is 0 Å². The number of aromatic hydroxyl groups is 1. The van der Waals surface area contributed by atoms with Gasteiger partial charge in [0.15, 0.2) is 5.65 Å². The smallest absolute Gasteiger partial charge is 0.257 e. The van der Waals surface area contributed by atoms with Gasteiger partial charge in [-0.05, 0) is 31.2 Å². The molecule has 9 heteroatoms. The van der Waals surface area contributed by atoms with E-state index in [0.717, 1.165) is 0 Å². The van der Waals surface area contributed by atoms with Crippen LogP contribution in [0.15, 0.2) is 30.5 Å². The van der Waals surface area contributed by atoms with Crippen LogP contribution in [0.3, 0.4) is 0 Å². The minimum atomic E-state index is -0.436. The number of aryl methyl sites for hydroxylation is 1. The van der Waals surface area contributed by atoms with Crippen molar-refractivity contribution in [1.29, 1.82) is 0 Å². The van der Waals surface area contributed by atoms with Crippen LogP contribution in [-0.4, -0.2) is 50.9 Å². The Kier molecular flexibility index (Phi) is 5.22. The predicted molar refractivity (Wildman–Crippen MR) is 97.3 cm³/mol. The minimum absolute atomic E-state index is 0.00593. The van der Waals surface area contributed by atoms with E-state index < -0.39 is 5.82 Å². The third-order valence-electron chi connectivity index (χ3n) is 4.11. The molecule has 0 unspecified atom stereocenters. The first kappa shape index (κ1) is 18.6. The van der Waals surface area contributed by atoms with E-state index in [1.165, 1.54) is 22.7 Å². The van der Waals surface area contributed by atoms with Gasteiger partial charge in [-0.25, -0.2) is 13.9 Å². The van der Waals surface area contributed by atoms with Gasteiger partial charge in [-0.3, -0.25) is 4.79 Å². The Bertz CT molecular complexity index is 989. The fourth-order valence-electron chi connectivity index (χ4n) is 2.78. The van der Waals surface area contributed by atoms with Gasteiger partial charge in [0.1, 0.15) is 22.9 Å². The first-order valence-electron chi connectivity index (χ1n) is 8.34. The molecule has 0 saturated carbocycles. The molecule has 0 spiro atoms. The number of nitrogens with zero attached hydrogens (tertiary/aromatic N) is 4. The molecule has 0 atom stereocenters. The molecule has 27 heavy (non-hydrogen) atoms. The first-order chi connectivity index (χ1) is 12.9. The molecular formula is C18H20FN5O3. The molecule has 1 amide bonds. The quantitative estimate of drug-likeness (QED) is 0.601. The van der Waals surface area contributed by atoms with Gasteiger partial charge < -0.3 is 20.4 Å². The van der Waals surface area contributed by atoms with E-state index in [2.05, 4.69) is 15.4 Å². The molecular weight excluding hydrogens is 353 g/mol. The summed E-state index contributed by atoms with van der Waals surface area (Å²) in [6.45, 7) is 1.90. The molecule has 2 heterocycles. The van der Waals surface area contributed by atoms with Crippen LogP contribution in [0, 0.1) is 12.7 Å². The normalized spacial score (nSPS) is 11.0. The van der Waals surface area contributed by atoms with Crippen molar-refractivity contribution in [1.82, 2.24) is 19.9 Å². The Balaban J connectivity index is 1.93. The number of anilines is 1. The summed E-state index contributed by atoms with van der Waals surface area (Å²) >= 11 is 0. The van der Waals surface area contributed by atoms with Crippen LogP contribution in [0.5, 0.6) is 5.75 Å². The standard InChI is InChI=1S/C18H20FN5O3/c1-11-16(18(27)20-6-8-25)17-21-15(5-7-24(17)22-11)23(2)10-12-9-13(19)3-4-14(12)26/h3-5,7,9,25-26H,6,8,10H2,1-2H3,(H,20,27). The van der Waals surface area contributed by atoms with Crippen LogP contribution in [-0.2, 0) is 6.54 Å². The third kappa shape index (κ3) is 3.82. The predicted octanol–water partition coefficient (Wildman–Crippen LogP) is 1.24. The van der Waals surface area contributed by atoms with Crippen molar-refractivity contribution in [2.45, 2.75) is 13.5 Å². The van der Waals surface area contributed by atoms with Gasteiger partial charge in [-0.2, -0.15) is 5.10 Å². The molecule has 3 aromatic rings. The number of carbonyl (C=O) groups is 1. The van der Waals surface area contributed by atoms with Crippen LogP contribution in [0.2, 0.25) is 0 Å². The van der Waals surface area contributed by atoms with Crippen molar-refractivity contribution in [2.24, 2.45) is 0 Å². The number of aliphatic hydroxyl groups is 1. The highest BCUT2D eigenvalue weighted by Gasteiger charge is 2.19. The lowest BCUT2D eigenvalue weighted by molar-refractivity contribution is 0.0945. The van der Waals surface area contributed by atoms with Crippen molar-refractivity contribution in [3.63, 3.8) is 0 Å². The van der Waals surface area contributed by atoms with E-state index in [0.29, 0.717) is 28.3 Å². The Morgan fingerprint density at radius 2 is 2.15 bits per heavy atom. The fraction of sp³-hybridized carbons (Fsp3) is 0.278. The summed E-state index contributed by atoms with van der Waals surface area (Å²) in [6.07, 6.45) is 1.68. The van der Waals surface area contributed by atoms with Crippen LogP contribution >= 0.6 is 0 Å². The van der Waals surface area contributed by atoms with E-state index in [1.54, 1.807) is 31.1 Å². The minimum Gasteiger partial charge on any atom is -0.508 e. The van der Waals surface area contributed by atoms with Gasteiger partial charge in [-0.15, -0.1) is 0 Å². The lowest BCUT2D eigenvalue weighted by atomic mass is 10.2. The summed E-state index contributed by atoms with van der Waals surface area (Å²) < 4.78 is 14.9. The maximum absolute atomic E-state index is 13.4. The molecule has 0 radical (unpaired) electrons. The number of aromatic nitrogens is 3. The summed E-state index contributed by atoms with van der Waals surface area (Å²) in [5.41, 5.74) is 1.63. The number of phenolic OH excluding ortho intramolecular Hbond substituents is 1. The fourth-order valence-corrected chi connectivity index (χ4v) is 2.78. The molecule has 0 bridgehead atoms. The zero-order valence-corrected chi connectivity index (χ0v) is 15.0. The number of benzene rings is 1. The van der Waals surface area contributed by atoms with Gasteiger partial charge >= 0.3 is 0 Å². The largest absolute Gasteiger partial charge is 0.508 e. The second-order valence-corrected chi connectivity index (χ2v) is 6.12. The van der Waals surface area contributed by atoms with Crippen molar-refractivity contribution >= 4 is 17.4 Å². The van der Waals surface area contributed by atoms with Crippen LogP contribution in [0.1, 0.15) is 21.6 Å². The highest BCUT2D eigenvalue weighted by molar-refractivity contribution is 6.01. The average Bonchev–Trinajstić information content (AvgIpc) is 2.97. The number of hydrogen-bond acceptors (Lipinski definition) is 6. The number of aliphatic hydroxyl groups excluding tert-OH is 1. The molecule has 2 aromatic heterocycles. The maximum Gasteiger partial charge on any atom is 0.257 e. The van der Waals surface area contributed by atoms with Crippen LogP contribution in [0.4, 0.5) is 10.2 Å². The molecule has 0 fully saturated rings. The van der Waals surface area contributed by atoms with E-state index >= 15 is 0 Å². The summed E-state index contributed by atoms with van der Waals surface area (Å²) in [4.78, 5) is 18.6. The van der Waals surface area contributed by atoms with Crippen molar-refractivity contribution < 1.29 is 19.4 Å². The monoisotopic (exact) mass is 373 g/mol. The topological polar surface area (TPSA) is 103 Å². The molecule has 1 aromatic carbocycles. The van der Waals surface area contributed by atoms with Gasteiger partial charge in [0, 0.05) is 31.9 Å². The zero-order chi connectivity index (χ0) is 19.6. The number of phenols is 1. The van der Waals surface area contributed by atoms with Gasteiger partial charge in [0.05, 0.1) is 12.3 Å². The maximum atomic E-state index is 13.4. The number of halogens is 1. The summed E-state index contributed by atoms with van der Waals surface area (Å²) in [5.74, 6) is -0.281. The molecule has 0 aliphatic rings. The van der Waals surface area contributed by atoms with Gasteiger partial charge in [0.25, 0.3) is 5.91 Å². The van der Waals surface area contributed by atoms with Crippen molar-refractivity contribution in [2.75, 3.05) is 25.1 Å². The van der Waals surface area contributed by atoms with Crippen molar-refractivity contribution in [3.8, 4) is 5.75 Å². The van der Waals surface area contributed by atoms with Gasteiger partial charge in [-0.1, -0.05) is 0 Å². The van der Waals surface area contributed by atoms with Crippen molar-refractivity contribution in [3.05, 3.63) is 53.1 Å². The second-order valence-electron chi connectivity index (χ2n) is 6.12. The first-order valence-corrected chi connectivity index (χ1v) is 8.34. The van der Waals surface area contributed by atoms with E-state index in [9.17, 15) is 14.3 Å². The number of carbonyl (C=O) groups excluding carboxylic acids is 1. The zero-order valence-electron chi connectivity index (χ0n) is 15.0. The third-order valence-corrected chi connectivity index (χ3v) is 4.11. The number of fused-ring (bicyclic) bond motifs is 1. The molecule has 0 saturated heterocycles. The lowest BCUT2D eigenvalue weighted by Crippen LogP contribution is -2.27. The highest BCUT2D eigenvalue weighted by Crippen LogP contribution is 2.23. The Hall–Kier alpha value is -3.20. The number of rotatable bonds is 6. The summed E-state index contributed by atoms with van der Waals surface area (Å²) in [6, 6.07) is 5.47. The van der Waals surface area contributed by atoms with E-state index in [1.807, 2.05) is 0 Å². The molecule has 3 rings (SSSR count). The number of amides is 1.